The van der Waals surface area contributed by atoms with Crippen LogP contribution in [-0.4, -0.2) is 38.2 Å². The van der Waals surface area contributed by atoms with Crippen LogP contribution in [0.3, 0.4) is 0 Å². The smallest absolute Gasteiger partial charge is 0.120 e. The van der Waals surface area contributed by atoms with Crippen molar-refractivity contribution in [2.24, 2.45) is 5.41 Å². The average Bonchev–Trinajstić information content (AvgIpc) is 2.68. The van der Waals surface area contributed by atoms with Crippen LogP contribution in [0.15, 0.2) is 36.4 Å². The molecule has 5 rings (SSSR count). The zero-order chi connectivity index (χ0) is 19.4. The maximum Gasteiger partial charge on any atom is 0.120 e. The van der Waals surface area contributed by atoms with E-state index >= 15 is 0 Å². The summed E-state index contributed by atoms with van der Waals surface area (Å²) in [4.78, 5) is 2.62. The number of likely N-dealkylation sites (tertiary alicyclic amines) is 1. The molecular weight excluding hydrogens is 346 g/mol. The van der Waals surface area contributed by atoms with Crippen LogP contribution in [0.5, 0.6) is 5.75 Å². The van der Waals surface area contributed by atoms with Gasteiger partial charge in [0.05, 0.1) is 7.11 Å². The Hall–Kier alpha value is -2.04. The van der Waals surface area contributed by atoms with Gasteiger partial charge in [0.25, 0.3) is 0 Å². The molecule has 0 radical (unpaired) electrons. The molecule has 3 heterocycles. The lowest BCUT2D eigenvalue weighted by atomic mass is 9.72. The van der Waals surface area contributed by atoms with E-state index in [0.29, 0.717) is 5.41 Å². The van der Waals surface area contributed by atoms with Crippen LogP contribution >= 0.6 is 0 Å². The van der Waals surface area contributed by atoms with Crippen LogP contribution in [0.1, 0.15) is 43.4 Å². The lowest BCUT2D eigenvalue weighted by molar-refractivity contribution is -0.0282. The zero-order valence-electron chi connectivity index (χ0n) is 17.3. The van der Waals surface area contributed by atoms with E-state index in [1.807, 2.05) is 0 Å². The van der Waals surface area contributed by atoms with Crippen molar-refractivity contribution in [1.82, 2.24) is 10.2 Å². The van der Waals surface area contributed by atoms with Gasteiger partial charge in [0.15, 0.2) is 0 Å². The highest BCUT2D eigenvalue weighted by molar-refractivity contribution is 5.76. The maximum absolute atomic E-state index is 5.42. The molecule has 0 aliphatic carbocycles. The van der Waals surface area contributed by atoms with Crippen molar-refractivity contribution < 1.29 is 4.74 Å². The molecule has 0 unspecified atom stereocenters. The normalized spacial score (nSPS) is 22.0. The third-order valence-electron chi connectivity index (χ3n) is 7.12. The molecule has 1 spiro atoms. The molecule has 3 aliphatic rings. The van der Waals surface area contributed by atoms with Crippen molar-refractivity contribution in [2.45, 2.75) is 38.6 Å². The van der Waals surface area contributed by atoms with E-state index in [1.165, 1.54) is 61.4 Å². The lowest BCUT2D eigenvalue weighted by Crippen LogP contribution is -2.59. The molecule has 28 heavy (non-hydrogen) atoms. The van der Waals surface area contributed by atoms with Crippen molar-refractivity contribution in [3.8, 4) is 5.75 Å². The van der Waals surface area contributed by atoms with E-state index in [4.69, 9.17) is 4.74 Å². The van der Waals surface area contributed by atoms with Gasteiger partial charge in [-0.2, -0.15) is 0 Å². The SMILES string of the molecule is COc1ccc2c(c1)Nc1ccc(CN3CC4(CCNCC4)C3)cc1C2(C)C. The molecule has 0 atom stereocenters. The topological polar surface area (TPSA) is 36.5 Å². The first-order valence-electron chi connectivity index (χ1n) is 10.5. The maximum atomic E-state index is 5.42. The summed E-state index contributed by atoms with van der Waals surface area (Å²) < 4.78 is 5.42. The average molecular weight is 378 g/mol. The van der Waals surface area contributed by atoms with Crippen molar-refractivity contribution in [3.05, 3.63) is 53.1 Å². The molecule has 2 aromatic carbocycles. The second-order valence-corrected chi connectivity index (χ2v) is 9.44. The van der Waals surface area contributed by atoms with E-state index in [0.717, 1.165) is 18.0 Å². The second-order valence-electron chi connectivity index (χ2n) is 9.44. The van der Waals surface area contributed by atoms with Crippen LogP contribution in [0.25, 0.3) is 0 Å². The summed E-state index contributed by atoms with van der Waals surface area (Å²) in [7, 11) is 1.72. The first kappa shape index (κ1) is 18.0. The van der Waals surface area contributed by atoms with Crippen LogP contribution in [-0.2, 0) is 12.0 Å². The fourth-order valence-corrected chi connectivity index (χ4v) is 5.45. The highest BCUT2D eigenvalue weighted by Crippen LogP contribution is 2.47. The van der Waals surface area contributed by atoms with Gasteiger partial charge >= 0.3 is 0 Å². The van der Waals surface area contributed by atoms with Gasteiger partial charge in [0, 0.05) is 42.5 Å². The van der Waals surface area contributed by atoms with Crippen molar-refractivity contribution >= 4 is 11.4 Å². The first-order chi connectivity index (χ1) is 13.5. The van der Waals surface area contributed by atoms with Crippen LogP contribution in [0.4, 0.5) is 11.4 Å². The lowest BCUT2D eigenvalue weighted by Gasteiger charge is -2.52. The highest BCUT2D eigenvalue weighted by Gasteiger charge is 2.43. The Morgan fingerprint density at radius 2 is 1.75 bits per heavy atom. The Morgan fingerprint density at radius 1 is 0.964 bits per heavy atom. The Balaban J connectivity index is 1.36. The second kappa shape index (κ2) is 6.50. The predicted octanol–water partition coefficient (Wildman–Crippen LogP) is 4.26. The summed E-state index contributed by atoms with van der Waals surface area (Å²) >= 11 is 0. The summed E-state index contributed by atoms with van der Waals surface area (Å²) in [5.74, 6) is 0.895. The number of rotatable bonds is 3. The molecule has 4 heteroatoms. The molecule has 2 N–H and O–H groups in total. The highest BCUT2D eigenvalue weighted by atomic mass is 16.5. The fraction of sp³-hybridized carbons (Fsp3) is 0.500. The number of methoxy groups -OCH3 is 1. The quantitative estimate of drug-likeness (QED) is 0.838. The van der Waals surface area contributed by atoms with Gasteiger partial charge in [-0.3, -0.25) is 4.90 Å². The minimum Gasteiger partial charge on any atom is -0.497 e. The zero-order valence-corrected chi connectivity index (χ0v) is 17.3. The third kappa shape index (κ3) is 2.90. The van der Waals surface area contributed by atoms with Gasteiger partial charge in [0.1, 0.15) is 5.75 Å². The van der Waals surface area contributed by atoms with Gasteiger partial charge in [-0.1, -0.05) is 32.0 Å². The number of benzene rings is 2. The van der Waals surface area contributed by atoms with Gasteiger partial charge in [0.2, 0.25) is 0 Å². The molecule has 0 amide bonds. The van der Waals surface area contributed by atoms with Crippen LogP contribution in [0, 0.1) is 5.41 Å². The number of nitrogens with one attached hydrogen (secondary N) is 2. The summed E-state index contributed by atoms with van der Waals surface area (Å²) in [6, 6.07) is 13.3. The molecule has 3 aliphatic heterocycles. The number of hydrogen-bond acceptors (Lipinski definition) is 4. The monoisotopic (exact) mass is 377 g/mol. The molecule has 0 aromatic heterocycles. The van der Waals surface area contributed by atoms with Gasteiger partial charge in [-0.15, -0.1) is 0 Å². The van der Waals surface area contributed by atoms with Crippen LogP contribution < -0.4 is 15.4 Å². The summed E-state index contributed by atoms with van der Waals surface area (Å²) in [5.41, 5.74) is 7.08. The molecule has 0 bridgehead atoms. The Bertz CT molecular complexity index is 891. The molecule has 2 saturated heterocycles. The minimum atomic E-state index is -0.0244. The van der Waals surface area contributed by atoms with Crippen molar-refractivity contribution in [1.29, 1.82) is 0 Å². The summed E-state index contributed by atoms with van der Waals surface area (Å²) in [5, 5.41) is 7.12. The molecule has 2 fully saturated rings. The van der Waals surface area contributed by atoms with E-state index in [1.54, 1.807) is 7.11 Å². The third-order valence-corrected chi connectivity index (χ3v) is 7.12. The number of ether oxygens (including phenoxy) is 1. The summed E-state index contributed by atoms with van der Waals surface area (Å²) in [6.07, 6.45) is 2.68. The van der Waals surface area contributed by atoms with E-state index in [9.17, 15) is 0 Å². The minimum absolute atomic E-state index is 0.0244. The van der Waals surface area contributed by atoms with Crippen molar-refractivity contribution in [3.63, 3.8) is 0 Å². The fourth-order valence-electron chi connectivity index (χ4n) is 5.45. The molecular formula is C24H31N3O. The van der Waals surface area contributed by atoms with Crippen molar-refractivity contribution in [2.75, 3.05) is 38.6 Å². The van der Waals surface area contributed by atoms with E-state index in [-0.39, 0.29) is 5.41 Å². The molecule has 2 aromatic rings. The Labute approximate surface area is 168 Å². The number of anilines is 2. The Morgan fingerprint density at radius 3 is 2.50 bits per heavy atom. The van der Waals surface area contributed by atoms with E-state index < -0.39 is 0 Å². The molecule has 0 saturated carbocycles. The standard InChI is InChI=1S/C24H31N3O/c1-23(2)19-6-5-18(28-3)13-22(19)26-21-7-4-17(12-20(21)23)14-27-15-24(16-27)8-10-25-11-9-24/h4-7,12-13,25-26H,8-11,14-16H2,1-3H3. The molecule has 148 valence electrons. The number of fused-ring (bicyclic) bond motifs is 2. The van der Waals surface area contributed by atoms with E-state index in [2.05, 4.69) is 65.8 Å². The number of hydrogen-bond donors (Lipinski definition) is 2. The predicted molar refractivity (Wildman–Crippen MR) is 115 cm³/mol. The van der Waals surface area contributed by atoms with Gasteiger partial charge in [-0.05, 0) is 60.2 Å². The van der Waals surface area contributed by atoms with Gasteiger partial charge in [-0.25, -0.2) is 0 Å². The molecule has 4 nitrogen and oxygen atoms in total. The largest absolute Gasteiger partial charge is 0.497 e. The Kier molecular flexibility index (Phi) is 4.18. The van der Waals surface area contributed by atoms with Crippen LogP contribution in [0.2, 0.25) is 0 Å². The first-order valence-corrected chi connectivity index (χ1v) is 10.5. The van der Waals surface area contributed by atoms with Gasteiger partial charge < -0.3 is 15.4 Å². The number of piperidine rings is 1. The number of nitrogens with zero attached hydrogens (tertiary/aromatic N) is 1. The summed E-state index contributed by atoms with van der Waals surface area (Å²) in [6.45, 7) is 10.6.